The zero-order chi connectivity index (χ0) is 8.57. The fourth-order valence-electron chi connectivity index (χ4n) is 0.667. The molecule has 3 nitrogen and oxygen atoms in total. The molecule has 60 valence electrons. The molecule has 10 heavy (non-hydrogen) atoms. The van der Waals surface area contributed by atoms with Gasteiger partial charge in [0.05, 0.1) is 0 Å². The summed E-state index contributed by atoms with van der Waals surface area (Å²) in [4.78, 5) is 8.35. The van der Waals surface area contributed by atoms with Crippen molar-refractivity contribution in [2.45, 2.75) is 39.8 Å². The monoisotopic (exact) mass is 144 g/mol. The molecule has 0 radical (unpaired) electrons. The molecule has 0 aliphatic rings. The first-order chi connectivity index (χ1) is 4.54. The molecule has 0 amide bonds. The van der Waals surface area contributed by atoms with Crippen LogP contribution >= 0.6 is 0 Å². The van der Waals surface area contributed by atoms with Crippen molar-refractivity contribution in [1.29, 1.82) is 5.41 Å². The van der Waals surface area contributed by atoms with Crippen LogP contribution in [0.1, 0.15) is 27.7 Å². The van der Waals surface area contributed by atoms with Crippen molar-refractivity contribution in [3.8, 4) is 0 Å². The molecule has 0 aromatic carbocycles. The van der Waals surface area contributed by atoms with E-state index in [9.17, 15) is 0 Å². The minimum Gasteiger partial charge on any atom is -0.312 e. The van der Waals surface area contributed by atoms with Gasteiger partial charge in [0.15, 0.2) is 0 Å². The highest BCUT2D eigenvalue weighted by molar-refractivity contribution is 5.26. The molecule has 0 bridgehead atoms. The van der Waals surface area contributed by atoms with Gasteiger partial charge in [0.2, 0.25) is 6.08 Å². The SMILES string of the molecule is CC(C)NC(C)C.N=C=O. The van der Waals surface area contributed by atoms with E-state index in [1.54, 1.807) is 0 Å². The Morgan fingerprint density at radius 2 is 1.40 bits per heavy atom. The largest absolute Gasteiger partial charge is 0.312 e. The summed E-state index contributed by atoms with van der Waals surface area (Å²) in [6, 6.07) is 1.25. The van der Waals surface area contributed by atoms with Crippen LogP contribution in [0.5, 0.6) is 0 Å². The lowest BCUT2D eigenvalue weighted by molar-refractivity contribution is 0.518. The minimum atomic E-state index is 0.625. The van der Waals surface area contributed by atoms with Gasteiger partial charge in [-0.1, -0.05) is 27.7 Å². The molecular formula is C7H16N2O. The number of rotatable bonds is 2. The van der Waals surface area contributed by atoms with E-state index in [1.807, 2.05) is 0 Å². The zero-order valence-electron chi connectivity index (χ0n) is 7.06. The summed E-state index contributed by atoms with van der Waals surface area (Å²) in [5.74, 6) is 0. The summed E-state index contributed by atoms with van der Waals surface area (Å²) in [5, 5.41) is 8.71. The smallest absolute Gasteiger partial charge is 0.231 e. The standard InChI is InChI=1S/C6H15N.CHNO/c1-5(2)7-6(3)4;2-1-3/h5-7H,1-4H3;2H. The van der Waals surface area contributed by atoms with Crippen LogP contribution < -0.4 is 5.32 Å². The molecule has 3 heteroatoms. The van der Waals surface area contributed by atoms with E-state index < -0.39 is 0 Å². The molecular weight excluding hydrogens is 128 g/mol. The fourth-order valence-corrected chi connectivity index (χ4v) is 0.667. The minimum absolute atomic E-state index is 0.625. The molecule has 0 unspecified atom stereocenters. The predicted octanol–water partition coefficient (Wildman–Crippen LogP) is 1.29. The Kier molecular flexibility index (Phi) is 10.1. The van der Waals surface area contributed by atoms with Crippen LogP contribution in [0.3, 0.4) is 0 Å². The van der Waals surface area contributed by atoms with E-state index >= 15 is 0 Å². The molecule has 0 saturated heterocycles. The van der Waals surface area contributed by atoms with Crippen LogP contribution in [0.25, 0.3) is 0 Å². The van der Waals surface area contributed by atoms with Crippen molar-refractivity contribution in [2.24, 2.45) is 0 Å². The van der Waals surface area contributed by atoms with Gasteiger partial charge in [-0.15, -0.1) is 0 Å². The summed E-state index contributed by atoms with van der Waals surface area (Å²) in [6.45, 7) is 8.61. The average Bonchev–Trinajstić information content (AvgIpc) is 1.62. The number of nitrogens with one attached hydrogen (secondary N) is 2. The van der Waals surface area contributed by atoms with Crippen molar-refractivity contribution in [2.75, 3.05) is 0 Å². The second-order valence-electron chi connectivity index (χ2n) is 2.58. The lowest BCUT2D eigenvalue weighted by Crippen LogP contribution is -2.29. The number of hydrogen-bond donors (Lipinski definition) is 2. The van der Waals surface area contributed by atoms with Crippen LogP contribution in [0.15, 0.2) is 0 Å². The normalized spacial score (nSPS) is 8.60. The molecule has 0 saturated carbocycles. The van der Waals surface area contributed by atoms with E-state index in [1.165, 1.54) is 0 Å². The van der Waals surface area contributed by atoms with Gasteiger partial charge in [0.25, 0.3) is 0 Å². The molecule has 0 fully saturated rings. The van der Waals surface area contributed by atoms with Crippen molar-refractivity contribution in [3.05, 3.63) is 0 Å². The Morgan fingerprint density at radius 3 is 1.40 bits per heavy atom. The van der Waals surface area contributed by atoms with Crippen molar-refractivity contribution < 1.29 is 4.79 Å². The van der Waals surface area contributed by atoms with E-state index in [-0.39, 0.29) is 0 Å². The van der Waals surface area contributed by atoms with Gasteiger partial charge in [-0.3, -0.25) is 0 Å². The van der Waals surface area contributed by atoms with E-state index in [0.717, 1.165) is 6.08 Å². The lowest BCUT2D eigenvalue weighted by Gasteiger charge is -2.10. The molecule has 2 N–H and O–H groups in total. The topological polar surface area (TPSA) is 53.0 Å². The molecule has 0 heterocycles. The number of carbonyl (C=O) groups excluding carboxylic acids is 1. The predicted molar refractivity (Wildman–Crippen MR) is 41.8 cm³/mol. The maximum atomic E-state index is 8.35. The van der Waals surface area contributed by atoms with Crippen LogP contribution in [0.4, 0.5) is 0 Å². The summed E-state index contributed by atoms with van der Waals surface area (Å²) >= 11 is 0. The summed E-state index contributed by atoms with van der Waals surface area (Å²) in [7, 11) is 0. The molecule has 0 aromatic rings. The fraction of sp³-hybridized carbons (Fsp3) is 0.857. The zero-order valence-corrected chi connectivity index (χ0v) is 7.06. The van der Waals surface area contributed by atoms with E-state index in [0.29, 0.717) is 12.1 Å². The Bertz CT molecular complexity index is 87.8. The van der Waals surface area contributed by atoms with Crippen LogP contribution in [-0.2, 0) is 4.79 Å². The highest BCUT2D eigenvalue weighted by atomic mass is 16.1. The van der Waals surface area contributed by atoms with Crippen molar-refractivity contribution in [1.82, 2.24) is 5.32 Å². The van der Waals surface area contributed by atoms with Gasteiger partial charge in [0.1, 0.15) is 0 Å². The summed E-state index contributed by atoms with van der Waals surface area (Å²) < 4.78 is 0. The third kappa shape index (κ3) is 26.4. The maximum absolute atomic E-state index is 8.35. The molecule has 0 aliphatic heterocycles. The first-order valence-corrected chi connectivity index (χ1v) is 3.34. The maximum Gasteiger partial charge on any atom is 0.231 e. The Labute approximate surface area is 62.3 Å². The van der Waals surface area contributed by atoms with Gasteiger partial charge in [-0.05, 0) is 0 Å². The molecule has 0 aromatic heterocycles. The highest BCUT2D eigenvalue weighted by Crippen LogP contribution is 1.80. The van der Waals surface area contributed by atoms with E-state index in [2.05, 4.69) is 33.0 Å². The highest BCUT2D eigenvalue weighted by Gasteiger charge is 1.92. The third-order valence-electron chi connectivity index (χ3n) is 0.667. The van der Waals surface area contributed by atoms with Crippen molar-refractivity contribution in [3.63, 3.8) is 0 Å². The Hall–Kier alpha value is -0.660. The van der Waals surface area contributed by atoms with Gasteiger partial charge >= 0.3 is 0 Å². The van der Waals surface area contributed by atoms with Gasteiger partial charge in [0, 0.05) is 12.1 Å². The second kappa shape index (κ2) is 8.34. The Balaban J connectivity index is 0. The number of hydrogen-bond acceptors (Lipinski definition) is 3. The van der Waals surface area contributed by atoms with E-state index in [4.69, 9.17) is 10.2 Å². The lowest BCUT2D eigenvalue weighted by atomic mass is 10.3. The second-order valence-corrected chi connectivity index (χ2v) is 2.58. The summed E-state index contributed by atoms with van der Waals surface area (Å²) in [6.07, 6.45) is 0.750. The quantitative estimate of drug-likeness (QED) is 0.453. The Morgan fingerprint density at radius 1 is 1.20 bits per heavy atom. The molecule has 0 rings (SSSR count). The molecule has 0 spiro atoms. The van der Waals surface area contributed by atoms with Crippen molar-refractivity contribution >= 4 is 6.08 Å². The van der Waals surface area contributed by atoms with Gasteiger partial charge < -0.3 is 5.32 Å². The molecule has 0 atom stereocenters. The van der Waals surface area contributed by atoms with Crippen LogP contribution in [0, 0.1) is 5.41 Å². The number of isocyanates is 1. The van der Waals surface area contributed by atoms with Gasteiger partial charge in [-0.25, -0.2) is 10.2 Å². The molecule has 0 aliphatic carbocycles. The van der Waals surface area contributed by atoms with Gasteiger partial charge in [-0.2, -0.15) is 0 Å². The third-order valence-corrected chi connectivity index (χ3v) is 0.667. The first kappa shape index (κ1) is 12.1. The van der Waals surface area contributed by atoms with Crippen LogP contribution in [-0.4, -0.2) is 18.2 Å². The first-order valence-electron chi connectivity index (χ1n) is 3.34. The summed E-state index contributed by atoms with van der Waals surface area (Å²) in [5.41, 5.74) is 0. The average molecular weight is 144 g/mol. The van der Waals surface area contributed by atoms with Crippen LogP contribution in [0.2, 0.25) is 0 Å².